The lowest BCUT2D eigenvalue weighted by Crippen LogP contribution is -2.29. The Labute approximate surface area is 192 Å². The molecule has 9 heteroatoms. The summed E-state index contributed by atoms with van der Waals surface area (Å²) in [5, 5.41) is 8.56. The van der Waals surface area contributed by atoms with Crippen molar-refractivity contribution in [3.05, 3.63) is 29.2 Å². The third kappa shape index (κ3) is 4.03. The van der Waals surface area contributed by atoms with Crippen LogP contribution in [0.4, 0.5) is 16.0 Å². The van der Waals surface area contributed by atoms with Gasteiger partial charge in [0, 0.05) is 43.9 Å². The highest BCUT2D eigenvalue weighted by molar-refractivity contribution is 5.67. The Hall–Kier alpha value is -2.81. The molecular weight excluding hydrogens is 421 g/mol. The third-order valence-electron chi connectivity index (χ3n) is 6.93. The highest BCUT2D eigenvalue weighted by Crippen LogP contribution is 2.41. The highest BCUT2D eigenvalue weighted by Gasteiger charge is 2.29. The maximum atomic E-state index is 13.9. The average Bonchev–Trinajstić information content (AvgIpc) is 3.40. The van der Waals surface area contributed by atoms with Crippen LogP contribution in [-0.4, -0.2) is 63.1 Å². The van der Waals surface area contributed by atoms with Crippen molar-refractivity contribution in [3.63, 3.8) is 0 Å². The van der Waals surface area contributed by atoms with Crippen molar-refractivity contribution >= 4 is 17.3 Å². The quantitative estimate of drug-likeness (QED) is 0.632. The summed E-state index contributed by atoms with van der Waals surface area (Å²) < 4.78 is 21.3. The van der Waals surface area contributed by atoms with Crippen LogP contribution in [0.25, 0.3) is 17.0 Å². The number of halogens is 1. The second-order valence-electron chi connectivity index (χ2n) is 9.56. The summed E-state index contributed by atoms with van der Waals surface area (Å²) in [6.07, 6.45) is 3.98. The lowest BCUT2D eigenvalue weighted by atomic mass is 10.1. The normalized spacial score (nSPS) is 21.8. The molecule has 1 saturated carbocycles. The number of aryl methyl sites for hydroxylation is 2. The molecule has 6 rings (SSSR count). The molecule has 0 aromatic carbocycles. The zero-order valence-electron chi connectivity index (χ0n) is 19.2. The molecule has 0 bridgehead atoms. The van der Waals surface area contributed by atoms with Gasteiger partial charge < -0.3 is 15.0 Å². The largest absolute Gasteiger partial charge is 0.381 e. The number of alkyl halides is 1. The number of aromatic nitrogens is 5. The van der Waals surface area contributed by atoms with Gasteiger partial charge in [0.2, 0.25) is 0 Å². The van der Waals surface area contributed by atoms with Gasteiger partial charge in [0.15, 0.2) is 5.65 Å². The summed E-state index contributed by atoms with van der Waals surface area (Å²) >= 11 is 0. The van der Waals surface area contributed by atoms with E-state index in [2.05, 4.69) is 5.32 Å². The molecule has 174 valence electrons. The van der Waals surface area contributed by atoms with Crippen LogP contribution >= 0.6 is 0 Å². The van der Waals surface area contributed by atoms with E-state index in [1.807, 2.05) is 35.4 Å². The maximum Gasteiger partial charge on any atom is 0.160 e. The molecule has 1 N–H and O–H groups in total. The van der Waals surface area contributed by atoms with Gasteiger partial charge in [-0.05, 0) is 46.0 Å². The minimum Gasteiger partial charge on any atom is -0.381 e. The van der Waals surface area contributed by atoms with Crippen molar-refractivity contribution in [3.8, 4) is 11.4 Å². The number of nitrogens with zero attached hydrogens (tertiary/aromatic N) is 6. The number of anilines is 2. The van der Waals surface area contributed by atoms with Gasteiger partial charge in [-0.1, -0.05) is 0 Å². The van der Waals surface area contributed by atoms with Crippen LogP contribution < -0.4 is 10.2 Å². The Morgan fingerprint density at radius 2 is 1.82 bits per heavy atom. The van der Waals surface area contributed by atoms with E-state index in [1.54, 1.807) is 0 Å². The molecule has 3 aliphatic rings. The first-order valence-electron chi connectivity index (χ1n) is 12.0. The molecule has 0 radical (unpaired) electrons. The molecule has 2 aliphatic heterocycles. The molecule has 5 heterocycles. The van der Waals surface area contributed by atoms with Gasteiger partial charge in [0.05, 0.1) is 23.6 Å². The van der Waals surface area contributed by atoms with Gasteiger partial charge in [-0.3, -0.25) is 4.98 Å². The zero-order valence-corrected chi connectivity index (χ0v) is 19.2. The van der Waals surface area contributed by atoms with Crippen molar-refractivity contribution in [2.45, 2.75) is 64.1 Å². The summed E-state index contributed by atoms with van der Waals surface area (Å²) in [6.45, 7) is 6.59. The molecule has 2 saturated heterocycles. The fraction of sp³-hybridized carbons (Fsp3) is 0.583. The molecule has 0 amide bonds. The molecule has 3 fully saturated rings. The Morgan fingerprint density at radius 1 is 1.00 bits per heavy atom. The Kier molecular flexibility index (Phi) is 5.16. The monoisotopic (exact) mass is 451 g/mol. The number of fused-ring (bicyclic) bond motifs is 1. The molecule has 3 aromatic heterocycles. The van der Waals surface area contributed by atoms with E-state index in [0.717, 1.165) is 71.8 Å². The van der Waals surface area contributed by atoms with E-state index in [0.29, 0.717) is 31.5 Å². The number of rotatable bonds is 5. The maximum absolute atomic E-state index is 13.9. The minimum atomic E-state index is -0.804. The van der Waals surface area contributed by atoms with Crippen LogP contribution in [0, 0.1) is 13.8 Å². The van der Waals surface area contributed by atoms with E-state index in [4.69, 9.17) is 24.8 Å². The van der Waals surface area contributed by atoms with Crippen LogP contribution in [0.1, 0.15) is 55.1 Å². The standard InChI is InChI=1S/C24H30FN7O/c1-14-23(16-3-4-16)29-24(15(2)26-14)19-11-21-28-20(31-8-5-17(25)13-31)12-22(32(21)30-19)27-18-6-9-33-10-7-18/h11-12,16-18,27H,3-10,13H2,1-2H3/t17-/m1/s1. The van der Waals surface area contributed by atoms with Gasteiger partial charge >= 0.3 is 0 Å². The molecule has 8 nitrogen and oxygen atoms in total. The Morgan fingerprint density at radius 3 is 2.55 bits per heavy atom. The average molecular weight is 452 g/mol. The summed E-state index contributed by atoms with van der Waals surface area (Å²) in [5.74, 6) is 2.18. The molecule has 0 spiro atoms. The minimum absolute atomic E-state index is 0.305. The van der Waals surface area contributed by atoms with Crippen LogP contribution in [0.15, 0.2) is 12.1 Å². The molecule has 1 aliphatic carbocycles. The van der Waals surface area contributed by atoms with Gasteiger partial charge in [0.25, 0.3) is 0 Å². The highest BCUT2D eigenvalue weighted by atomic mass is 19.1. The number of nitrogens with one attached hydrogen (secondary N) is 1. The molecule has 3 aromatic rings. The first kappa shape index (κ1) is 20.8. The summed E-state index contributed by atoms with van der Waals surface area (Å²) in [4.78, 5) is 16.6. The van der Waals surface area contributed by atoms with Crippen molar-refractivity contribution in [1.29, 1.82) is 0 Å². The fourth-order valence-electron chi connectivity index (χ4n) is 4.95. The Balaban J connectivity index is 1.43. The van der Waals surface area contributed by atoms with Crippen LogP contribution in [-0.2, 0) is 4.74 Å². The van der Waals surface area contributed by atoms with Crippen molar-refractivity contribution in [2.75, 3.05) is 36.5 Å². The number of ether oxygens (including phenoxy) is 1. The van der Waals surface area contributed by atoms with Crippen molar-refractivity contribution in [2.24, 2.45) is 0 Å². The van der Waals surface area contributed by atoms with E-state index in [-0.39, 0.29) is 0 Å². The van der Waals surface area contributed by atoms with Crippen LogP contribution in [0.3, 0.4) is 0 Å². The first-order valence-corrected chi connectivity index (χ1v) is 12.0. The summed E-state index contributed by atoms with van der Waals surface area (Å²) in [6, 6.07) is 4.28. The molecule has 0 unspecified atom stereocenters. The molecule has 1 atom stereocenters. The Bertz CT molecular complexity index is 1190. The zero-order chi connectivity index (χ0) is 22.5. The predicted octanol–water partition coefficient (Wildman–Crippen LogP) is 3.82. The van der Waals surface area contributed by atoms with Crippen LogP contribution in [0.5, 0.6) is 0 Å². The fourth-order valence-corrected chi connectivity index (χ4v) is 4.95. The second kappa shape index (κ2) is 8.20. The lowest BCUT2D eigenvalue weighted by molar-refractivity contribution is 0.0903. The van der Waals surface area contributed by atoms with Gasteiger partial charge in [0.1, 0.15) is 29.2 Å². The van der Waals surface area contributed by atoms with Gasteiger partial charge in [-0.2, -0.15) is 9.61 Å². The van der Waals surface area contributed by atoms with E-state index in [1.165, 1.54) is 12.8 Å². The lowest BCUT2D eigenvalue weighted by Gasteiger charge is -2.25. The van der Waals surface area contributed by atoms with Crippen molar-refractivity contribution < 1.29 is 9.13 Å². The van der Waals surface area contributed by atoms with Gasteiger partial charge in [-0.25, -0.2) is 14.4 Å². The third-order valence-corrected chi connectivity index (χ3v) is 6.93. The van der Waals surface area contributed by atoms with E-state index in [9.17, 15) is 4.39 Å². The summed E-state index contributed by atoms with van der Waals surface area (Å²) in [5.41, 5.74) is 5.30. The summed E-state index contributed by atoms with van der Waals surface area (Å²) in [7, 11) is 0. The predicted molar refractivity (Wildman–Crippen MR) is 125 cm³/mol. The molecule has 33 heavy (non-hydrogen) atoms. The van der Waals surface area contributed by atoms with Crippen molar-refractivity contribution in [1.82, 2.24) is 24.6 Å². The van der Waals surface area contributed by atoms with E-state index >= 15 is 0 Å². The molecular formula is C24H30FN7O. The topological polar surface area (TPSA) is 80.5 Å². The number of hydrogen-bond acceptors (Lipinski definition) is 7. The number of hydrogen-bond donors (Lipinski definition) is 1. The van der Waals surface area contributed by atoms with Gasteiger partial charge in [-0.15, -0.1) is 0 Å². The SMILES string of the molecule is Cc1nc(C)c(C2CC2)nc1-c1cc2nc(N3CC[C@@H](F)C3)cc(NC3CCOCC3)n2n1. The second-order valence-corrected chi connectivity index (χ2v) is 9.56. The smallest absolute Gasteiger partial charge is 0.160 e. The van der Waals surface area contributed by atoms with Crippen LogP contribution in [0.2, 0.25) is 0 Å². The first-order chi connectivity index (χ1) is 16.0. The van der Waals surface area contributed by atoms with E-state index < -0.39 is 6.17 Å².